The molecule has 0 saturated heterocycles. The number of hydrogen-bond donors (Lipinski definition) is 1. The van der Waals surface area contributed by atoms with Gasteiger partial charge in [-0.1, -0.05) is 6.07 Å². The van der Waals surface area contributed by atoms with E-state index < -0.39 is 0 Å². The number of methoxy groups -OCH3 is 2. The van der Waals surface area contributed by atoms with Gasteiger partial charge in [-0.25, -0.2) is 0 Å². The smallest absolute Gasteiger partial charge is 0.262 e. The van der Waals surface area contributed by atoms with Crippen LogP contribution in [0.1, 0.15) is 17.5 Å². The quantitative estimate of drug-likeness (QED) is 0.885. The zero-order valence-corrected chi connectivity index (χ0v) is 13.9. The minimum atomic E-state index is -0.199. The Labute approximate surface area is 141 Å². The van der Waals surface area contributed by atoms with E-state index in [4.69, 9.17) is 14.2 Å². The number of carbonyl (C=O) groups is 1. The second-order valence-electron chi connectivity index (χ2n) is 5.72. The minimum absolute atomic E-state index is 0.0760. The van der Waals surface area contributed by atoms with E-state index in [1.807, 2.05) is 6.07 Å². The summed E-state index contributed by atoms with van der Waals surface area (Å²) < 4.78 is 15.9. The van der Waals surface area contributed by atoms with Crippen LogP contribution >= 0.6 is 0 Å². The SMILES string of the molecule is COc1cc(OC)cc(OCC(=O)Nc2ccc3c(c2)CCC3)c1. The molecule has 0 aliphatic heterocycles. The highest BCUT2D eigenvalue weighted by atomic mass is 16.5. The maximum absolute atomic E-state index is 12.1. The summed E-state index contributed by atoms with van der Waals surface area (Å²) in [6.07, 6.45) is 3.40. The Hall–Kier alpha value is -2.69. The first-order chi connectivity index (χ1) is 11.7. The van der Waals surface area contributed by atoms with Gasteiger partial charge in [-0.3, -0.25) is 4.79 Å². The van der Waals surface area contributed by atoms with Crippen molar-refractivity contribution in [1.29, 1.82) is 0 Å². The van der Waals surface area contributed by atoms with Crippen molar-refractivity contribution in [2.24, 2.45) is 0 Å². The topological polar surface area (TPSA) is 56.8 Å². The molecule has 126 valence electrons. The standard InChI is InChI=1S/C19H21NO4/c1-22-16-9-17(23-2)11-18(10-16)24-12-19(21)20-15-7-6-13-4-3-5-14(13)8-15/h6-11H,3-5,12H2,1-2H3,(H,20,21). The summed E-state index contributed by atoms with van der Waals surface area (Å²) in [5, 5.41) is 2.87. The maximum atomic E-state index is 12.1. The van der Waals surface area contributed by atoms with Crippen molar-refractivity contribution in [3.05, 3.63) is 47.5 Å². The highest BCUT2D eigenvalue weighted by Gasteiger charge is 2.12. The van der Waals surface area contributed by atoms with Gasteiger partial charge in [0.1, 0.15) is 17.2 Å². The first-order valence-corrected chi connectivity index (χ1v) is 7.95. The van der Waals surface area contributed by atoms with Crippen LogP contribution in [0, 0.1) is 0 Å². The molecule has 1 aliphatic rings. The maximum Gasteiger partial charge on any atom is 0.262 e. The fraction of sp³-hybridized carbons (Fsp3) is 0.316. The monoisotopic (exact) mass is 327 g/mol. The molecule has 0 unspecified atom stereocenters. The molecular formula is C19H21NO4. The van der Waals surface area contributed by atoms with Gasteiger partial charge in [0.2, 0.25) is 0 Å². The van der Waals surface area contributed by atoms with Gasteiger partial charge in [-0.15, -0.1) is 0 Å². The molecule has 0 atom stereocenters. The lowest BCUT2D eigenvalue weighted by molar-refractivity contribution is -0.118. The molecule has 3 rings (SSSR count). The number of amides is 1. The fourth-order valence-corrected chi connectivity index (χ4v) is 2.86. The van der Waals surface area contributed by atoms with Crippen LogP contribution in [0.3, 0.4) is 0 Å². The predicted octanol–water partition coefficient (Wildman–Crippen LogP) is 3.21. The zero-order chi connectivity index (χ0) is 16.9. The highest BCUT2D eigenvalue weighted by Crippen LogP contribution is 2.27. The van der Waals surface area contributed by atoms with Gasteiger partial charge < -0.3 is 19.5 Å². The molecule has 1 N–H and O–H groups in total. The van der Waals surface area contributed by atoms with Crippen LogP contribution in [-0.4, -0.2) is 26.7 Å². The van der Waals surface area contributed by atoms with E-state index >= 15 is 0 Å². The predicted molar refractivity (Wildman–Crippen MR) is 92.1 cm³/mol. The number of anilines is 1. The Bertz CT molecular complexity index is 720. The molecule has 0 saturated carbocycles. The van der Waals surface area contributed by atoms with Crippen LogP contribution in [0.2, 0.25) is 0 Å². The Morgan fingerprint density at radius 3 is 2.33 bits per heavy atom. The number of aryl methyl sites for hydroxylation is 2. The molecule has 1 amide bonds. The van der Waals surface area contributed by atoms with Crippen molar-refractivity contribution in [1.82, 2.24) is 0 Å². The van der Waals surface area contributed by atoms with Crippen LogP contribution in [-0.2, 0) is 17.6 Å². The van der Waals surface area contributed by atoms with Crippen molar-refractivity contribution in [3.63, 3.8) is 0 Å². The fourth-order valence-electron chi connectivity index (χ4n) is 2.86. The van der Waals surface area contributed by atoms with Crippen molar-refractivity contribution >= 4 is 11.6 Å². The average Bonchev–Trinajstić information content (AvgIpc) is 3.07. The van der Waals surface area contributed by atoms with Gasteiger partial charge in [-0.2, -0.15) is 0 Å². The van der Waals surface area contributed by atoms with E-state index in [-0.39, 0.29) is 12.5 Å². The summed E-state index contributed by atoms with van der Waals surface area (Å²) in [5.41, 5.74) is 3.52. The van der Waals surface area contributed by atoms with Crippen LogP contribution in [0.15, 0.2) is 36.4 Å². The lowest BCUT2D eigenvalue weighted by atomic mass is 10.1. The van der Waals surface area contributed by atoms with E-state index in [1.165, 1.54) is 17.5 Å². The number of nitrogens with one attached hydrogen (secondary N) is 1. The second kappa shape index (κ2) is 7.25. The van der Waals surface area contributed by atoms with Gasteiger partial charge in [0.05, 0.1) is 14.2 Å². The molecule has 2 aromatic carbocycles. The van der Waals surface area contributed by atoms with E-state index in [2.05, 4.69) is 17.4 Å². The summed E-state index contributed by atoms with van der Waals surface area (Å²) in [5.74, 6) is 1.55. The third-order valence-corrected chi connectivity index (χ3v) is 4.08. The van der Waals surface area contributed by atoms with Crippen molar-refractivity contribution in [2.75, 3.05) is 26.1 Å². The number of carbonyl (C=O) groups excluding carboxylic acids is 1. The Kier molecular flexibility index (Phi) is 4.89. The number of ether oxygens (including phenoxy) is 3. The Balaban J connectivity index is 1.59. The molecule has 5 nitrogen and oxygen atoms in total. The van der Waals surface area contributed by atoms with Crippen molar-refractivity contribution in [3.8, 4) is 17.2 Å². The van der Waals surface area contributed by atoms with Crippen LogP contribution in [0.4, 0.5) is 5.69 Å². The summed E-state index contributed by atoms with van der Waals surface area (Å²) in [6, 6.07) is 11.3. The molecule has 0 radical (unpaired) electrons. The second-order valence-corrected chi connectivity index (χ2v) is 5.72. The summed E-state index contributed by atoms with van der Waals surface area (Å²) in [6.45, 7) is -0.0760. The molecule has 24 heavy (non-hydrogen) atoms. The van der Waals surface area contributed by atoms with E-state index in [0.29, 0.717) is 17.2 Å². The number of rotatable bonds is 6. The van der Waals surface area contributed by atoms with Gasteiger partial charge in [0.15, 0.2) is 6.61 Å². The van der Waals surface area contributed by atoms with Crippen molar-refractivity contribution in [2.45, 2.75) is 19.3 Å². The Morgan fingerprint density at radius 2 is 1.62 bits per heavy atom. The number of hydrogen-bond acceptors (Lipinski definition) is 4. The van der Waals surface area contributed by atoms with E-state index in [0.717, 1.165) is 18.5 Å². The molecule has 1 aliphatic carbocycles. The summed E-state index contributed by atoms with van der Waals surface area (Å²) in [4.78, 5) is 12.1. The number of fused-ring (bicyclic) bond motifs is 1. The largest absolute Gasteiger partial charge is 0.496 e. The lowest BCUT2D eigenvalue weighted by Crippen LogP contribution is -2.20. The van der Waals surface area contributed by atoms with Crippen LogP contribution in [0.25, 0.3) is 0 Å². The summed E-state index contributed by atoms with van der Waals surface area (Å²) in [7, 11) is 3.14. The molecule has 0 aromatic heterocycles. The first-order valence-electron chi connectivity index (χ1n) is 7.95. The molecule has 2 aromatic rings. The molecule has 0 heterocycles. The molecule has 0 bridgehead atoms. The summed E-state index contributed by atoms with van der Waals surface area (Å²) >= 11 is 0. The van der Waals surface area contributed by atoms with E-state index in [9.17, 15) is 4.79 Å². The van der Waals surface area contributed by atoms with Gasteiger partial charge in [-0.05, 0) is 42.5 Å². The first kappa shape index (κ1) is 16.2. The minimum Gasteiger partial charge on any atom is -0.496 e. The van der Waals surface area contributed by atoms with Crippen LogP contribution < -0.4 is 19.5 Å². The molecule has 5 heteroatoms. The van der Waals surface area contributed by atoms with Crippen LogP contribution in [0.5, 0.6) is 17.2 Å². The number of benzene rings is 2. The van der Waals surface area contributed by atoms with Gasteiger partial charge in [0, 0.05) is 23.9 Å². The highest BCUT2D eigenvalue weighted by molar-refractivity contribution is 5.92. The third-order valence-electron chi connectivity index (χ3n) is 4.08. The van der Waals surface area contributed by atoms with Crippen molar-refractivity contribution < 1.29 is 19.0 Å². The normalized spacial score (nSPS) is 12.4. The van der Waals surface area contributed by atoms with E-state index in [1.54, 1.807) is 32.4 Å². The van der Waals surface area contributed by atoms with Gasteiger partial charge >= 0.3 is 0 Å². The third kappa shape index (κ3) is 3.79. The lowest BCUT2D eigenvalue weighted by Gasteiger charge is -2.11. The molecular weight excluding hydrogens is 306 g/mol. The Morgan fingerprint density at radius 1 is 0.958 bits per heavy atom. The van der Waals surface area contributed by atoms with Gasteiger partial charge in [0.25, 0.3) is 5.91 Å². The molecule has 0 fully saturated rings. The average molecular weight is 327 g/mol. The zero-order valence-electron chi connectivity index (χ0n) is 13.9. The molecule has 0 spiro atoms.